The fourth-order valence-corrected chi connectivity index (χ4v) is 2.12. The number of halogens is 1. The fraction of sp³-hybridized carbons (Fsp3) is 0.250. The lowest BCUT2D eigenvalue weighted by molar-refractivity contribution is 0.299. The molecule has 0 bridgehead atoms. The van der Waals surface area contributed by atoms with Crippen molar-refractivity contribution in [3.05, 3.63) is 40.5 Å². The van der Waals surface area contributed by atoms with E-state index in [1.165, 1.54) is 0 Å². The van der Waals surface area contributed by atoms with Gasteiger partial charge in [-0.25, -0.2) is 0 Å². The van der Waals surface area contributed by atoms with Crippen LogP contribution in [0, 0.1) is 6.92 Å². The summed E-state index contributed by atoms with van der Waals surface area (Å²) in [5.74, 6) is 0. The van der Waals surface area contributed by atoms with E-state index in [4.69, 9.17) is 16.7 Å². The Morgan fingerprint density at radius 1 is 1.33 bits per heavy atom. The van der Waals surface area contributed by atoms with Crippen LogP contribution < -0.4 is 0 Å². The van der Waals surface area contributed by atoms with Crippen molar-refractivity contribution in [2.45, 2.75) is 13.3 Å². The van der Waals surface area contributed by atoms with Gasteiger partial charge in [0.05, 0.1) is 10.5 Å². The monoisotopic (exact) mass is 221 g/mol. The van der Waals surface area contributed by atoms with Crippen LogP contribution in [0.3, 0.4) is 0 Å². The largest absolute Gasteiger partial charge is 0.396 e. The van der Waals surface area contributed by atoms with Gasteiger partial charge in [0, 0.05) is 17.7 Å². The highest BCUT2D eigenvalue weighted by atomic mass is 35.5. The molecule has 0 saturated carbocycles. The molecule has 1 N–H and O–H groups in total. The number of aryl methyl sites for hydroxylation is 1. The minimum Gasteiger partial charge on any atom is -0.396 e. The molecular weight excluding hydrogens is 210 g/mol. The highest BCUT2D eigenvalue weighted by Gasteiger charge is 2.09. The Balaban J connectivity index is 2.72. The van der Waals surface area contributed by atoms with E-state index in [9.17, 15) is 0 Å². The smallest absolute Gasteiger partial charge is 0.0720 e. The fourth-order valence-electron chi connectivity index (χ4n) is 1.73. The standard InChI is InChI=1S/C12H12ClNO/c1-8-9(6-7-15)12(13)10-4-2-3-5-11(10)14-8/h2-5,15H,6-7H2,1H3. The second-order valence-electron chi connectivity index (χ2n) is 3.48. The average molecular weight is 222 g/mol. The number of aromatic nitrogens is 1. The maximum Gasteiger partial charge on any atom is 0.0720 e. The van der Waals surface area contributed by atoms with Crippen molar-refractivity contribution in [2.75, 3.05) is 6.61 Å². The van der Waals surface area contributed by atoms with Crippen molar-refractivity contribution in [3.63, 3.8) is 0 Å². The summed E-state index contributed by atoms with van der Waals surface area (Å²) in [6.45, 7) is 2.02. The summed E-state index contributed by atoms with van der Waals surface area (Å²) >= 11 is 6.27. The van der Waals surface area contributed by atoms with E-state index in [0.717, 1.165) is 22.2 Å². The Hall–Kier alpha value is -1.12. The maximum atomic E-state index is 8.95. The lowest BCUT2D eigenvalue weighted by Gasteiger charge is -2.09. The zero-order valence-electron chi connectivity index (χ0n) is 8.50. The molecular formula is C12H12ClNO. The number of hydrogen-bond donors (Lipinski definition) is 1. The Morgan fingerprint density at radius 2 is 2.07 bits per heavy atom. The Kier molecular flexibility index (Phi) is 2.89. The number of aliphatic hydroxyl groups excluding tert-OH is 1. The molecule has 0 aliphatic heterocycles. The number of rotatable bonds is 2. The lowest BCUT2D eigenvalue weighted by atomic mass is 10.1. The molecule has 78 valence electrons. The second-order valence-corrected chi connectivity index (χ2v) is 3.86. The van der Waals surface area contributed by atoms with E-state index in [2.05, 4.69) is 4.98 Å². The predicted octanol–water partition coefficient (Wildman–Crippen LogP) is 2.73. The second kappa shape index (κ2) is 4.17. The zero-order valence-corrected chi connectivity index (χ0v) is 9.25. The van der Waals surface area contributed by atoms with Gasteiger partial charge in [0.15, 0.2) is 0 Å². The Morgan fingerprint density at radius 3 is 2.80 bits per heavy atom. The molecule has 0 aliphatic carbocycles. The predicted molar refractivity (Wildman–Crippen MR) is 62.3 cm³/mol. The molecule has 2 aromatic rings. The number of nitrogens with zero attached hydrogens (tertiary/aromatic N) is 1. The summed E-state index contributed by atoms with van der Waals surface area (Å²) in [5, 5.41) is 10.6. The zero-order chi connectivity index (χ0) is 10.8. The first kappa shape index (κ1) is 10.4. The van der Waals surface area contributed by atoms with Crippen LogP contribution in [0.25, 0.3) is 10.9 Å². The van der Waals surface area contributed by atoms with Crippen molar-refractivity contribution in [1.82, 2.24) is 4.98 Å². The first-order valence-corrected chi connectivity index (χ1v) is 5.26. The summed E-state index contributed by atoms with van der Waals surface area (Å²) in [4.78, 5) is 4.46. The third-order valence-electron chi connectivity index (χ3n) is 2.49. The molecule has 1 aromatic carbocycles. The number of pyridine rings is 1. The molecule has 0 amide bonds. The molecule has 2 rings (SSSR count). The normalized spacial score (nSPS) is 10.9. The average Bonchev–Trinajstić information content (AvgIpc) is 2.24. The number of aliphatic hydroxyl groups is 1. The van der Waals surface area contributed by atoms with E-state index in [0.29, 0.717) is 11.4 Å². The van der Waals surface area contributed by atoms with E-state index < -0.39 is 0 Å². The highest BCUT2D eigenvalue weighted by Crippen LogP contribution is 2.28. The van der Waals surface area contributed by atoms with Crippen LogP contribution in [0.1, 0.15) is 11.3 Å². The van der Waals surface area contributed by atoms with Crippen molar-refractivity contribution in [2.24, 2.45) is 0 Å². The number of para-hydroxylation sites is 1. The molecule has 2 nitrogen and oxygen atoms in total. The van der Waals surface area contributed by atoms with Crippen LogP contribution in [-0.2, 0) is 6.42 Å². The number of benzene rings is 1. The van der Waals surface area contributed by atoms with Gasteiger partial charge in [0.2, 0.25) is 0 Å². The van der Waals surface area contributed by atoms with Gasteiger partial charge in [-0.3, -0.25) is 4.98 Å². The number of fused-ring (bicyclic) bond motifs is 1. The summed E-state index contributed by atoms with van der Waals surface area (Å²) < 4.78 is 0. The topological polar surface area (TPSA) is 33.1 Å². The van der Waals surface area contributed by atoms with Crippen molar-refractivity contribution >= 4 is 22.5 Å². The van der Waals surface area contributed by atoms with Crippen LogP contribution >= 0.6 is 11.6 Å². The SMILES string of the molecule is Cc1nc2ccccc2c(Cl)c1CCO. The van der Waals surface area contributed by atoms with Crippen molar-refractivity contribution in [3.8, 4) is 0 Å². The van der Waals surface area contributed by atoms with Crippen LogP contribution in [0.5, 0.6) is 0 Å². The van der Waals surface area contributed by atoms with E-state index in [-0.39, 0.29) is 6.61 Å². The molecule has 0 fully saturated rings. The third kappa shape index (κ3) is 1.83. The van der Waals surface area contributed by atoms with Crippen molar-refractivity contribution in [1.29, 1.82) is 0 Å². The molecule has 0 aliphatic rings. The first-order valence-electron chi connectivity index (χ1n) is 4.88. The Bertz CT molecular complexity index is 496. The molecule has 15 heavy (non-hydrogen) atoms. The third-order valence-corrected chi connectivity index (χ3v) is 2.92. The van der Waals surface area contributed by atoms with Gasteiger partial charge in [-0.05, 0) is 25.0 Å². The molecule has 1 aromatic heterocycles. The van der Waals surface area contributed by atoms with Crippen LogP contribution in [0.4, 0.5) is 0 Å². The summed E-state index contributed by atoms with van der Waals surface area (Å²) in [5.41, 5.74) is 2.74. The van der Waals surface area contributed by atoms with Crippen LogP contribution in [-0.4, -0.2) is 16.7 Å². The van der Waals surface area contributed by atoms with Gasteiger partial charge in [0.1, 0.15) is 0 Å². The van der Waals surface area contributed by atoms with Crippen LogP contribution in [0.2, 0.25) is 5.02 Å². The van der Waals surface area contributed by atoms with Gasteiger partial charge in [0.25, 0.3) is 0 Å². The van der Waals surface area contributed by atoms with Gasteiger partial charge >= 0.3 is 0 Å². The summed E-state index contributed by atoms with van der Waals surface area (Å²) in [6.07, 6.45) is 0.558. The number of hydrogen-bond acceptors (Lipinski definition) is 2. The summed E-state index contributed by atoms with van der Waals surface area (Å²) in [6, 6.07) is 7.77. The van der Waals surface area contributed by atoms with Gasteiger partial charge in [-0.15, -0.1) is 0 Å². The maximum absolute atomic E-state index is 8.95. The van der Waals surface area contributed by atoms with Gasteiger partial charge < -0.3 is 5.11 Å². The van der Waals surface area contributed by atoms with Gasteiger partial charge in [-0.2, -0.15) is 0 Å². The highest BCUT2D eigenvalue weighted by molar-refractivity contribution is 6.36. The van der Waals surface area contributed by atoms with Crippen LogP contribution in [0.15, 0.2) is 24.3 Å². The molecule has 3 heteroatoms. The Labute approximate surface area is 93.5 Å². The lowest BCUT2D eigenvalue weighted by Crippen LogP contribution is -1.99. The summed E-state index contributed by atoms with van der Waals surface area (Å²) in [7, 11) is 0. The molecule has 0 spiro atoms. The molecule has 0 atom stereocenters. The molecule has 0 unspecified atom stereocenters. The van der Waals surface area contributed by atoms with E-state index in [1.54, 1.807) is 0 Å². The quantitative estimate of drug-likeness (QED) is 0.846. The molecule has 0 saturated heterocycles. The van der Waals surface area contributed by atoms with Crippen molar-refractivity contribution < 1.29 is 5.11 Å². The minimum absolute atomic E-state index is 0.0978. The van der Waals surface area contributed by atoms with Gasteiger partial charge in [-0.1, -0.05) is 29.8 Å². The van der Waals surface area contributed by atoms with E-state index >= 15 is 0 Å². The minimum atomic E-state index is 0.0978. The molecule has 1 heterocycles. The first-order chi connectivity index (χ1) is 7.24. The van der Waals surface area contributed by atoms with E-state index in [1.807, 2.05) is 31.2 Å². The molecule has 0 radical (unpaired) electrons.